The molecule has 9 aromatic carbocycles. The molecule has 0 spiro atoms. The first kappa shape index (κ1) is 37.9. The fourth-order valence-electron chi connectivity index (χ4n) is 9.94. The third-order valence-electron chi connectivity index (χ3n) is 12.9. The number of nitrogens with zero attached hydrogens (tertiary/aromatic N) is 3. The smallest absolute Gasteiger partial charge is 0.188 e. The molecule has 4 nitrogen and oxygen atoms in total. The summed E-state index contributed by atoms with van der Waals surface area (Å²) in [6.45, 7) is 7.85. The number of rotatable bonds is 7. The summed E-state index contributed by atoms with van der Waals surface area (Å²) < 4.78 is 9.29. The van der Waals surface area contributed by atoms with Crippen LogP contribution < -0.4 is 4.74 Å². The van der Waals surface area contributed by atoms with Crippen LogP contribution in [0.3, 0.4) is 0 Å². The number of hydrogen-bond donors (Lipinski definition) is 0. The van der Waals surface area contributed by atoms with Crippen LogP contribution in [-0.2, 0) is 5.41 Å². The number of ether oxygens (including phenoxy) is 1. The van der Waals surface area contributed by atoms with Crippen molar-refractivity contribution in [1.29, 1.82) is 0 Å². The monoisotopic (exact) mass is 829 g/mol. The van der Waals surface area contributed by atoms with Crippen LogP contribution in [0.15, 0.2) is 237 Å². The van der Waals surface area contributed by atoms with Gasteiger partial charge in [-0.05, 0) is 118 Å². The molecule has 1 aliphatic rings. The fourth-order valence-corrected chi connectivity index (χ4v) is 9.94. The molecule has 0 aliphatic carbocycles. The molecule has 0 unspecified atom stereocenters. The lowest BCUT2D eigenvalue weighted by Gasteiger charge is -2.42. The van der Waals surface area contributed by atoms with E-state index in [0.717, 1.165) is 106 Å². The highest BCUT2D eigenvalue weighted by atomic mass is 16.5. The van der Waals surface area contributed by atoms with Crippen molar-refractivity contribution in [3.63, 3.8) is 0 Å². The number of fused-ring (bicyclic) bond motifs is 5. The molecule has 0 radical (unpaired) electrons. The molecule has 0 amide bonds. The number of para-hydroxylation sites is 1. The Kier molecular flexibility index (Phi) is 9.07. The minimum atomic E-state index is -0.769. The maximum atomic E-state index is 7.85. The average molecular weight is 830 g/mol. The van der Waals surface area contributed by atoms with E-state index in [2.05, 4.69) is 222 Å². The van der Waals surface area contributed by atoms with E-state index in [9.17, 15) is 0 Å². The molecule has 2 aromatic heterocycles. The Bertz CT molecular complexity index is 3520. The van der Waals surface area contributed by atoms with Gasteiger partial charge in [-0.15, -0.1) is 0 Å². The van der Waals surface area contributed by atoms with Crippen LogP contribution in [0.2, 0.25) is 0 Å². The summed E-state index contributed by atoms with van der Waals surface area (Å²) >= 11 is 0. The largest absolute Gasteiger partial charge is 0.457 e. The molecule has 0 bridgehead atoms. The van der Waals surface area contributed by atoms with Crippen molar-refractivity contribution in [1.82, 2.24) is 9.55 Å². The Morgan fingerprint density at radius 3 is 1.49 bits per heavy atom. The normalized spacial score (nSPS) is 12.5. The van der Waals surface area contributed by atoms with Gasteiger partial charge in [0.05, 0.1) is 34.4 Å². The van der Waals surface area contributed by atoms with E-state index in [0.29, 0.717) is 5.69 Å². The molecule has 11 aromatic rings. The zero-order valence-electron chi connectivity index (χ0n) is 35.3. The van der Waals surface area contributed by atoms with Gasteiger partial charge >= 0.3 is 0 Å². The van der Waals surface area contributed by atoms with Crippen LogP contribution >= 0.6 is 0 Å². The van der Waals surface area contributed by atoms with Crippen LogP contribution in [0.25, 0.3) is 77.1 Å². The molecule has 0 N–H and O–H groups in total. The molecule has 0 atom stereocenters. The van der Waals surface area contributed by atoms with Crippen LogP contribution in [-0.4, -0.2) is 9.55 Å². The van der Waals surface area contributed by atoms with E-state index >= 15 is 0 Å². The number of hydrogen-bond acceptors (Lipinski definition) is 2. The van der Waals surface area contributed by atoms with Crippen LogP contribution in [0.1, 0.15) is 22.3 Å². The minimum absolute atomic E-state index is 0.618. The SMILES string of the molecule is [C-]#[N+]c1ccc2c(c1)c1cc(-c3ccc4c(c3)C(c3ccccc3)(c3ccccc3)c3cc(-c5cc(-c6ccccc6)cc(-c6ccccc6)n5)ccc3O4)ccc1n2-c1ccccc1. The summed E-state index contributed by atoms with van der Waals surface area (Å²) in [7, 11) is 0. The van der Waals surface area contributed by atoms with Gasteiger partial charge in [0.2, 0.25) is 0 Å². The highest BCUT2D eigenvalue weighted by Gasteiger charge is 2.45. The molecular weight excluding hydrogens is 791 g/mol. The highest BCUT2D eigenvalue weighted by molar-refractivity contribution is 6.11. The van der Waals surface area contributed by atoms with Crippen molar-refractivity contribution in [2.45, 2.75) is 5.41 Å². The number of benzene rings is 9. The average Bonchev–Trinajstić information content (AvgIpc) is 3.71. The summed E-state index contributed by atoms with van der Waals surface area (Å²) in [5, 5.41) is 2.14. The van der Waals surface area contributed by atoms with Crippen LogP contribution in [0, 0.1) is 6.57 Å². The van der Waals surface area contributed by atoms with E-state index in [-0.39, 0.29) is 0 Å². The maximum Gasteiger partial charge on any atom is 0.188 e. The molecule has 0 saturated heterocycles. The van der Waals surface area contributed by atoms with Crippen LogP contribution in [0.5, 0.6) is 11.5 Å². The van der Waals surface area contributed by atoms with Gasteiger partial charge in [0.25, 0.3) is 0 Å². The van der Waals surface area contributed by atoms with Crippen molar-refractivity contribution in [3.05, 3.63) is 270 Å². The van der Waals surface area contributed by atoms with E-state index in [1.165, 1.54) is 0 Å². The lowest BCUT2D eigenvalue weighted by atomic mass is 9.63. The van der Waals surface area contributed by atoms with E-state index in [4.69, 9.17) is 16.3 Å². The van der Waals surface area contributed by atoms with Crippen molar-refractivity contribution >= 4 is 27.5 Å². The summed E-state index contributed by atoms with van der Waals surface area (Å²) in [4.78, 5) is 9.17. The molecule has 65 heavy (non-hydrogen) atoms. The van der Waals surface area contributed by atoms with Gasteiger partial charge in [0, 0.05) is 33.3 Å². The second-order valence-corrected chi connectivity index (χ2v) is 16.6. The summed E-state index contributed by atoms with van der Waals surface area (Å²) in [6, 6.07) is 83.4. The van der Waals surface area contributed by atoms with Gasteiger partial charge in [-0.2, -0.15) is 0 Å². The van der Waals surface area contributed by atoms with Crippen molar-refractivity contribution < 1.29 is 4.74 Å². The summed E-state index contributed by atoms with van der Waals surface area (Å²) in [5.41, 5.74) is 15.7. The van der Waals surface area contributed by atoms with Gasteiger partial charge in [0.15, 0.2) is 5.69 Å². The Hall–Kier alpha value is -8.78. The highest BCUT2D eigenvalue weighted by Crippen LogP contribution is 2.57. The van der Waals surface area contributed by atoms with Gasteiger partial charge in [-0.1, -0.05) is 158 Å². The van der Waals surface area contributed by atoms with Crippen molar-refractivity contribution in [2.24, 2.45) is 0 Å². The number of pyridine rings is 1. The quantitative estimate of drug-likeness (QED) is 0.150. The molecule has 0 fully saturated rings. The first-order chi connectivity index (χ1) is 32.2. The van der Waals surface area contributed by atoms with Gasteiger partial charge in [-0.25, -0.2) is 9.83 Å². The molecule has 3 heterocycles. The zero-order chi connectivity index (χ0) is 43.3. The first-order valence-electron chi connectivity index (χ1n) is 21.9. The lowest BCUT2D eigenvalue weighted by Crippen LogP contribution is -2.34. The fraction of sp³-hybridized carbons (Fsp3) is 0.0164. The van der Waals surface area contributed by atoms with Crippen molar-refractivity contribution in [2.75, 3.05) is 0 Å². The molecule has 12 rings (SSSR count). The summed E-state index contributed by atoms with van der Waals surface area (Å²) in [5.74, 6) is 1.61. The third kappa shape index (κ3) is 6.33. The van der Waals surface area contributed by atoms with Crippen LogP contribution in [0.4, 0.5) is 5.69 Å². The predicted octanol–water partition coefficient (Wildman–Crippen LogP) is 15.9. The summed E-state index contributed by atoms with van der Waals surface area (Å²) in [6.07, 6.45) is 0. The second-order valence-electron chi connectivity index (χ2n) is 16.6. The maximum absolute atomic E-state index is 7.85. The topological polar surface area (TPSA) is 31.4 Å². The Labute approximate surface area is 377 Å². The van der Waals surface area contributed by atoms with E-state index in [1.54, 1.807) is 0 Å². The second kappa shape index (κ2) is 15.5. The van der Waals surface area contributed by atoms with Crippen molar-refractivity contribution in [3.8, 4) is 62.0 Å². The number of aromatic nitrogens is 2. The first-order valence-corrected chi connectivity index (χ1v) is 21.9. The van der Waals surface area contributed by atoms with E-state index in [1.807, 2.05) is 24.3 Å². The van der Waals surface area contributed by atoms with Gasteiger partial charge in [-0.3, -0.25) is 0 Å². The molecule has 4 heteroatoms. The predicted molar refractivity (Wildman–Crippen MR) is 265 cm³/mol. The minimum Gasteiger partial charge on any atom is -0.457 e. The third-order valence-corrected chi connectivity index (χ3v) is 12.9. The Balaban J connectivity index is 1.09. The molecule has 304 valence electrons. The van der Waals surface area contributed by atoms with Gasteiger partial charge < -0.3 is 9.30 Å². The lowest BCUT2D eigenvalue weighted by molar-refractivity contribution is 0.435. The standard InChI is InChI=1S/C61H39N3O/c1-62-49-30-32-58-52(40-49)51-35-43(27-31-57(51)64(58)50-25-15-6-16-26-50)44-28-33-59-53(36-44)61(47-21-11-4-12-22-47,48-23-13-5-14-24-48)54-37-45(29-34-60(54)65-59)56-39-46(41-17-7-2-8-18-41)38-55(63-56)42-19-9-3-10-20-42/h2-40H. The molecule has 0 saturated carbocycles. The Morgan fingerprint density at radius 2 is 0.877 bits per heavy atom. The molecular formula is C61H39N3O. The zero-order valence-corrected chi connectivity index (χ0v) is 35.3. The van der Waals surface area contributed by atoms with Gasteiger partial charge in [0.1, 0.15) is 11.5 Å². The Morgan fingerprint density at radius 1 is 0.400 bits per heavy atom. The van der Waals surface area contributed by atoms with E-state index < -0.39 is 5.41 Å². The molecule has 1 aliphatic heterocycles.